The standard InChI is InChI=1S/C23H31FN6O/c1-16-30(12-13-31-16)21(20(25)17-6-8-18(24)9-7-17)19-10-11-26-22(28-19)27-14-23(2,3)15-29(4)5/h6-10,12-13H,1,11,14-15,25H2,2-5H3,(H2,26,27,28)/b21-20-. The fourth-order valence-electron chi connectivity index (χ4n) is 3.62. The van der Waals surface area contributed by atoms with Crippen LogP contribution >= 0.6 is 0 Å². The second kappa shape index (κ2) is 9.26. The van der Waals surface area contributed by atoms with Gasteiger partial charge in [-0.3, -0.25) is 4.90 Å². The Labute approximate surface area is 183 Å². The molecule has 0 fully saturated rings. The molecule has 2 aliphatic heterocycles. The van der Waals surface area contributed by atoms with E-state index in [1.54, 1.807) is 29.5 Å². The molecule has 0 bridgehead atoms. The maximum absolute atomic E-state index is 13.4. The molecule has 0 saturated carbocycles. The van der Waals surface area contributed by atoms with Gasteiger partial charge in [0.05, 0.1) is 23.6 Å². The Morgan fingerprint density at radius 2 is 2.06 bits per heavy atom. The van der Waals surface area contributed by atoms with E-state index in [2.05, 4.69) is 55.0 Å². The lowest BCUT2D eigenvalue weighted by molar-refractivity contribution is 0.241. The van der Waals surface area contributed by atoms with Crippen LogP contribution in [-0.2, 0) is 4.74 Å². The van der Waals surface area contributed by atoms with Gasteiger partial charge in [-0.25, -0.2) is 9.38 Å². The van der Waals surface area contributed by atoms with E-state index in [0.29, 0.717) is 35.3 Å². The number of ether oxygens (including phenoxy) is 1. The van der Waals surface area contributed by atoms with Gasteiger partial charge in [-0.05, 0) is 62.0 Å². The van der Waals surface area contributed by atoms with Gasteiger partial charge in [0.1, 0.15) is 12.1 Å². The van der Waals surface area contributed by atoms with Crippen molar-refractivity contribution in [2.45, 2.75) is 13.8 Å². The van der Waals surface area contributed by atoms with E-state index in [-0.39, 0.29) is 11.2 Å². The number of nitrogens with two attached hydrogens (primary N) is 1. The predicted octanol–water partition coefficient (Wildman–Crippen LogP) is 2.75. The van der Waals surface area contributed by atoms with E-state index in [1.165, 1.54) is 12.1 Å². The highest BCUT2D eigenvalue weighted by Gasteiger charge is 2.26. The van der Waals surface area contributed by atoms with Crippen LogP contribution < -0.4 is 16.4 Å². The maximum Gasteiger partial charge on any atom is 0.196 e. The molecule has 1 aromatic carbocycles. The zero-order valence-corrected chi connectivity index (χ0v) is 18.6. The summed E-state index contributed by atoms with van der Waals surface area (Å²) in [7, 11) is 4.12. The minimum absolute atomic E-state index is 0.0562. The molecule has 4 N–H and O–H groups in total. The van der Waals surface area contributed by atoms with Crippen molar-refractivity contribution in [3.05, 3.63) is 78.0 Å². The average Bonchev–Trinajstić information content (AvgIpc) is 3.12. The van der Waals surface area contributed by atoms with E-state index in [1.807, 2.05) is 6.08 Å². The van der Waals surface area contributed by atoms with Gasteiger partial charge >= 0.3 is 0 Å². The molecule has 2 aliphatic rings. The van der Waals surface area contributed by atoms with Gasteiger partial charge in [0.2, 0.25) is 0 Å². The first-order valence-electron chi connectivity index (χ1n) is 10.1. The van der Waals surface area contributed by atoms with E-state index in [0.717, 1.165) is 18.8 Å². The highest BCUT2D eigenvalue weighted by Crippen LogP contribution is 2.29. The number of aliphatic imine (C=N–C) groups is 1. The molecule has 0 atom stereocenters. The van der Waals surface area contributed by atoms with Crippen LogP contribution in [0.3, 0.4) is 0 Å². The van der Waals surface area contributed by atoms with Crippen molar-refractivity contribution in [2.75, 3.05) is 33.7 Å². The zero-order valence-electron chi connectivity index (χ0n) is 18.6. The second-order valence-corrected chi connectivity index (χ2v) is 8.62. The number of rotatable bonds is 7. The van der Waals surface area contributed by atoms with Gasteiger partial charge in [-0.2, -0.15) is 0 Å². The predicted molar refractivity (Wildman–Crippen MR) is 123 cm³/mol. The topological polar surface area (TPSA) is 78.2 Å². The van der Waals surface area contributed by atoms with Crippen molar-refractivity contribution in [1.29, 1.82) is 0 Å². The summed E-state index contributed by atoms with van der Waals surface area (Å²) < 4.78 is 18.8. The van der Waals surface area contributed by atoms with Gasteiger partial charge in [0, 0.05) is 19.3 Å². The Balaban J connectivity index is 1.84. The minimum Gasteiger partial charge on any atom is -0.447 e. The molecule has 31 heavy (non-hydrogen) atoms. The van der Waals surface area contributed by atoms with Crippen molar-refractivity contribution < 1.29 is 9.13 Å². The molecular formula is C23H31FN6O. The van der Waals surface area contributed by atoms with Gasteiger partial charge in [-0.1, -0.05) is 13.8 Å². The Kier molecular flexibility index (Phi) is 6.70. The normalized spacial score (nSPS) is 17.1. The molecule has 0 aromatic heterocycles. The van der Waals surface area contributed by atoms with Crippen molar-refractivity contribution in [2.24, 2.45) is 16.1 Å². The van der Waals surface area contributed by atoms with Crippen LogP contribution in [0.2, 0.25) is 0 Å². The number of hydrogen-bond acceptors (Lipinski definition) is 7. The summed E-state index contributed by atoms with van der Waals surface area (Å²) in [6.07, 6.45) is 5.23. The number of halogens is 1. The second-order valence-electron chi connectivity index (χ2n) is 8.62. The largest absolute Gasteiger partial charge is 0.447 e. The molecule has 2 heterocycles. The lowest BCUT2D eigenvalue weighted by Crippen LogP contribution is -2.46. The lowest BCUT2D eigenvalue weighted by atomic mass is 9.93. The first-order valence-corrected chi connectivity index (χ1v) is 10.1. The molecule has 0 radical (unpaired) electrons. The first kappa shape index (κ1) is 22.4. The molecule has 8 heteroatoms. The summed E-state index contributed by atoms with van der Waals surface area (Å²) in [5.41, 5.74) is 9.18. The molecule has 7 nitrogen and oxygen atoms in total. The van der Waals surface area contributed by atoms with Gasteiger partial charge < -0.3 is 26.0 Å². The molecule has 0 amide bonds. The fourth-order valence-corrected chi connectivity index (χ4v) is 3.62. The smallest absolute Gasteiger partial charge is 0.196 e. The van der Waals surface area contributed by atoms with Crippen LogP contribution in [0, 0.1) is 11.2 Å². The Morgan fingerprint density at radius 1 is 1.35 bits per heavy atom. The molecular weight excluding hydrogens is 395 g/mol. The van der Waals surface area contributed by atoms with Crippen molar-refractivity contribution in [1.82, 2.24) is 20.4 Å². The molecule has 0 unspecified atom stereocenters. The van der Waals surface area contributed by atoms with E-state index in [9.17, 15) is 4.39 Å². The quantitative estimate of drug-likeness (QED) is 0.622. The number of nitrogens with zero attached hydrogens (tertiary/aromatic N) is 3. The summed E-state index contributed by atoms with van der Waals surface area (Å²) in [6, 6.07) is 6.06. The summed E-state index contributed by atoms with van der Waals surface area (Å²) >= 11 is 0. The maximum atomic E-state index is 13.4. The number of nitrogens with one attached hydrogen (secondary N) is 2. The summed E-state index contributed by atoms with van der Waals surface area (Å²) in [6.45, 7) is 10.5. The fraction of sp³-hybridized carbons (Fsp3) is 0.348. The number of hydrogen-bond donors (Lipinski definition) is 3. The van der Waals surface area contributed by atoms with Crippen molar-refractivity contribution in [3.8, 4) is 0 Å². The van der Waals surface area contributed by atoms with Crippen molar-refractivity contribution >= 4 is 11.7 Å². The van der Waals surface area contributed by atoms with Crippen molar-refractivity contribution in [3.63, 3.8) is 0 Å². The van der Waals surface area contributed by atoms with Gasteiger partial charge in [0.15, 0.2) is 11.8 Å². The van der Waals surface area contributed by atoms with Crippen LogP contribution in [0.1, 0.15) is 19.4 Å². The van der Waals surface area contributed by atoms with Gasteiger partial charge in [0.25, 0.3) is 0 Å². The van der Waals surface area contributed by atoms with Crippen LogP contribution in [0.5, 0.6) is 0 Å². The molecule has 0 aliphatic carbocycles. The average molecular weight is 427 g/mol. The van der Waals surface area contributed by atoms with E-state index >= 15 is 0 Å². The third-order valence-corrected chi connectivity index (χ3v) is 4.87. The molecule has 0 saturated heterocycles. The third kappa shape index (κ3) is 5.67. The highest BCUT2D eigenvalue weighted by molar-refractivity contribution is 5.85. The van der Waals surface area contributed by atoms with Gasteiger partial charge in [-0.15, -0.1) is 0 Å². The minimum atomic E-state index is -0.319. The lowest BCUT2D eigenvalue weighted by Gasteiger charge is -2.31. The highest BCUT2D eigenvalue weighted by atomic mass is 19.1. The van der Waals surface area contributed by atoms with E-state index in [4.69, 9.17) is 10.5 Å². The Hall–Kier alpha value is -3.26. The molecule has 166 valence electrons. The monoisotopic (exact) mass is 426 g/mol. The third-order valence-electron chi connectivity index (χ3n) is 4.87. The number of benzene rings is 1. The van der Waals surface area contributed by atoms with Crippen LogP contribution in [0.25, 0.3) is 5.70 Å². The Morgan fingerprint density at radius 3 is 2.68 bits per heavy atom. The van der Waals surface area contributed by atoms with Crippen LogP contribution in [-0.4, -0.2) is 49.5 Å². The first-order chi connectivity index (χ1) is 14.7. The summed E-state index contributed by atoms with van der Waals surface area (Å²) in [4.78, 5) is 8.46. The SMILES string of the molecule is C=C1OC=CN1/C(C1=CCN=C(NCC(C)(C)CN(C)C)N1)=C(\N)c1ccc(F)cc1. The number of guanidine groups is 1. The molecule has 0 spiro atoms. The van der Waals surface area contributed by atoms with Crippen LogP contribution in [0.4, 0.5) is 4.39 Å². The summed E-state index contributed by atoms with van der Waals surface area (Å²) in [5.74, 6) is 0.774. The van der Waals surface area contributed by atoms with E-state index < -0.39 is 0 Å². The molecule has 1 aromatic rings. The zero-order chi connectivity index (χ0) is 22.6. The summed E-state index contributed by atoms with van der Waals surface area (Å²) in [5, 5.41) is 6.75. The Bertz CT molecular complexity index is 943. The molecule has 3 rings (SSSR count). The van der Waals surface area contributed by atoms with Crippen LogP contribution in [0.15, 0.2) is 71.7 Å².